The Morgan fingerprint density at radius 2 is 2.06 bits per heavy atom. The van der Waals surface area contributed by atoms with Crippen LogP contribution in [0.2, 0.25) is 0 Å². The molecule has 0 aliphatic rings. The van der Waals surface area contributed by atoms with E-state index >= 15 is 0 Å². The molecule has 3 nitrogen and oxygen atoms in total. The lowest BCUT2D eigenvalue weighted by Gasteiger charge is -2.03. The highest BCUT2D eigenvalue weighted by molar-refractivity contribution is 7.10. The quantitative estimate of drug-likeness (QED) is 0.786. The van der Waals surface area contributed by atoms with Crippen LogP contribution >= 0.6 is 11.3 Å². The van der Waals surface area contributed by atoms with E-state index in [-0.39, 0.29) is 0 Å². The Hall–Kier alpha value is -1.65. The molecule has 2 aromatic rings. The van der Waals surface area contributed by atoms with Crippen LogP contribution in [-0.4, -0.2) is 17.6 Å². The van der Waals surface area contributed by atoms with Crippen molar-refractivity contribution >= 4 is 17.3 Å². The van der Waals surface area contributed by atoms with Gasteiger partial charge in [-0.15, -0.1) is 11.3 Å². The SMILES string of the molecule is O=C(O)c1csc(CNCCc2ccccc2)c1. The molecule has 94 valence electrons. The van der Waals surface area contributed by atoms with Gasteiger partial charge in [-0.3, -0.25) is 0 Å². The van der Waals surface area contributed by atoms with Crippen molar-refractivity contribution in [2.24, 2.45) is 0 Å². The molecule has 2 rings (SSSR count). The van der Waals surface area contributed by atoms with Gasteiger partial charge in [-0.1, -0.05) is 30.3 Å². The van der Waals surface area contributed by atoms with Gasteiger partial charge >= 0.3 is 5.97 Å². The van der Waals surface area contributed by atoms with Crippen molar-refractivity contribution in [3.63, 3.8) is 0 Å². The third kappa shape index (κ3) is 3.68. The highest BCUT2D eigenvalue weighted by atomic mass is 32.1. The van der Waals surface area contributed by atoms with Gasteiger partial charge in [0.25, 0.3) is 0 Å². The maximum absolute atomic E-state index is 10.7. The summed E-state index contributed by atoms with van der Waals surface area (Å²) in [5.41, 5.74) is 1.68. The summed E-state index contributed by atoms with van der Waals surface area (Å²) >= 11 is 1.48. The second-order valence-corrected chi connectivity index (χ2v) is 5.02. The number of benzene rings is 1. The maximum atomic E-state index is 10.7. The van der Waals surface area contributed by atoms with E-state index in [1.54, 1.807) is 11.4 Å². The average Bonchev–Trinajstić information content (AvgIpc) is 2.85. The standard InChI is InChI=1S/C14H15NO2S/c16-14(17)12-8-13(18-10-12)9-15-7-6-11-4-2-1-3-5-11/h1-5,8,10,15H,6-7,9H2,(H,16,17). The first-order valence-corrected chi connectivity index (χ1v) is 6.69. The van der Waals surface area contributed by atoms with Crippen LogP contribution in [0.3, 0.4) is 0 Å². The minimum Gasteiger partial charge on any atom is -0.478 e. The van der Waals surface area contributed by atoms with Crippen LogP contribution in [0.15, 0.2) is 41.8 Å². The molecule has 0 spiro atoms. The van der Waals surface area contributed by atoms with Crippen LogP contribution in [0.5, 0.6) is 0 Å². The van der Waals surface area contributed by atoms with Crippen molar-refractivity contribution in [2.75, 3.05) is 6.54 Å². The van der Waals surface area contributed by atoms with E-state index in [4.69, 9.17) is 5.11 Å². The zero-order valence-corrected chi connectivity index (χ0v) is 10.7. The number of carbonyl (C=O) groups is 1. The lowest BCUT2D eigenvalue weighted by molar-refractivity contribution is 0.0697. The van der Waals surface area contributed by atoms with E-state index in [2.05, 4.69) is 17.4 Å². The van der Waals surface area contributed by atoms with Gasteiger partial charge in [0.1, 0.15) is 0 Å². The molecular formula is C14H15NO2S. The second-order valence-electron chi connectivity index (χ2n) is 4.02. The molecule has 2 N–H and O–H groups in total. The molecule has 0 fully saturated rings. The molecule has 1 aromatic heterocycles. The molecule has 0 aliphatic heterocycles. The topological polar surface area (TPSA) is 49.3 Å². The summed E-state index contributed by atoms with van der Waals surface area (Å²) in [7, 11) is 0. The van der Waals surface area contributed by atoms with Crippen LogP contribution in [0.1, 0.15) is 20.8 Å². The van der Waals surface area contributed by atoms with E-state index in [0.29, 0.717) is 5.56 Å². The minimum absolute atomic E-state index is 0.375. The molecule has 1 aromatic carbocycles. The van der Waals surface area contributed by atoms with Crippen molar-refractivity contribution in [2.45, 2.75) is 13.0 Å². The zero-order valence-electron chi connectivity index (χ0n) is 9.93. The van der Waals surface area contributed by atoms with E-state index in [9.17, 15) is 4.79 Å². The minimum atomic E-state index is -0.859. The Morgan fingerprint density at radius 3 is 2.72 bits per heavy atom. The fraction of sp³-hybridized carbons (Fsp3) is 0.214. The number of rotatable bonds is 6. The summed E-state index contributed by atoms with van der Waals surface area (Å²) in [6.45, 7) is 1.62. The second kappa shape index (κ2) is 6.33. The largest absolute Gasteiger partial charge is 0.478 e. The van der Waals surface area contributed by atoms with Gasteiger partial charge in [0.05, 0.1) is 5.56 Å². The lowest BCUT2D eigenvalue weighted by atomic mass is 10.1. The smallest absolute Gasteiger partial charge is 0.336 e. The number of hydrogen-bond donors (Lipinski definition) is 2. The van der Waals surface area contributed by atoms with Gasteiger partial charge in [-0.25, -0.2) is 4.79 Å². The first kappa shape index (κ1) is 12.8. The van der Waals surface area contributed by atoms with E-state index in [1.165, 1.54) is 16.9 Å². The van der Waals surface area contributed by atoms with Crippen LogP contribution in [0, 0.1) is 0 Å². The van der Waals surface area contributed by atoms with Gasteiger partial charge in [-0.2, -0.15) is 0 Å². The number of aromatic carboxylic acids is 1. The van der Waals surface area contributed by atoms with Gasteiger partial charge < -0.3 is 10.4 Å². The van der Waals surface area contributed by atoms with Crippen molar-refractivity contribution in [1.29, 1.82) is 0 Å². The first-order chi connectivity index (χ1) is 8.75. The predicted molar refractivity (Wildman–Crippen MR) is 73.1 cm³/mol. The lowest BCUT2D eigenvalue weighted by Crippen LogP contribution is -2.15. The number of carboxylic acid groups (broad SMARTS) is 1. The Labute approximate surface area is 110 Å². The van der Waals surface area contributed by atoms with Crippen LogP contribution in [0.25, 0.3) is 0 Å². The van der Waals surface area contributed by atoms with E-state index in [0.717, 1.165) is 24.4 Å². The molecule has 0 unspecified atom stereocenters. The fourth-order valence-electron chi connectivity index (χ4n) is 1.67. The summed E-state index contributed by atoms with van der Waals surface area (Å²) in [5, 5.41) is 13.8. The number of thiophene rings is 1. The van der Waals surface area contributed by atoms with Crippen LogP contribution in [0.4, 0.5) is 0 Å². The highest BCUT2D eigenvalue weighted by Crippen LogP contribution is 2.14. The van der Waals surface area contributed by atoms with Gasteiger partial charge in [0.2, 0.25) is 0 Å². The molecule has 0 amide bonds. The average molecular weight is 261 g/mol. The molecule has 0 bridgehead atoms. The third-order valence-corrected chi connectivity index (χ3v) is 3.57. The third-order valence-electron chi connectivity index (χ3n) is 2.63. The highest BCUT2D eigenvalue weighted by Gasteiger charge is 2.05. The monoisotopic (exact) mass is 261 g/mol. The predicted octanol–water partition coefficient (Wildman–Crippen LogP) is 2.78. The Bertz CT molecular complexity index is 508. The Balaban J connectivity index is 1.73. The summed E-state index contributed by atoms with van der Waals surface area (Å²) in [6, 6.07) is 12.0. The Morgan fingerprint density at radius 1 is 1.28 bits per heavy atom. The normalized spacial score (nSPS) is 10.4. The number of carboxylic acids is 1. The molecule has 0 aliphatic carbocycles. The molecule has 0 atom stereocenters. The number of hydrogen-bond acceptors (Lipinski definition) is 3. The molecule has 4 heteroatoms. The van der Waals surface area contributed by atoms with Gasteiger partial charge in [0, 0.05) is 16.8 Å². The van der Waals surface area contributed by atoms with Gasteiger partial charge in [-0.05, 0) is 24.6 Å². The molecular weight excluding hydrogens is 246 g/mol. The summed E-state index contributed by atoms with van der Waals surface area (Å²) in [6.07, 6.45) is 0.984. The molecule has 18 heavy (non-hydrogen) atoms. The number of nitrogens with one attached hydrogen (secondary N) is 1. The summed E-state index contributed by atoms with van der Waals surface area (Å²) < 4.78 is 0. The summed E-state index contributed by atoms with van der Waals surface area (Å²) in [4.78, 5) is 11.8. The van der Waals surface area contributed by atoms with Crippen LogP contribution < -0.4 is 5.32 Å². The molecule has 0 radical (unpaired) electrons. The van der Waals surface area contributed by atoms with E-state index in [1.807, 2.05) is 18.2 Å². The Kier molecular flexibility index (Phi) is 4.50. The molecule has 0 saturated heterocycles. The maximum Gasteiger partial charge on any atom is 0.336 e. The van der Waals surface area contributed by atoms with E-state index < -0.39 is 5.97 Å². The van der Waals surface area contributed by atoms with Crippen molar-refractivity contribution in [3.8, 4) is 0 Å². The van der Waals surface area contributed by atoms with Crippen LogP contribution in [-0.2, 0) is 13.0 Å². The van der Waals surface area contributed by atoms with Gasteiger partial charge in [0.15, 0.2) is 0 Å². The van der Waals surface area contributed by atoms with Crippen molar-refractivity contribution < 1.29 is 9.90 Å². The zero-order chi connectivity index (χ0) is 12.8. The van der Waals surface area contributed by atoms with Crippen molar-refractivity contribution in [1.82, 2.24) is 5.32 Å². The van der Waals surface area contributed by atoms with Crippen molar-refractivity contribution in [3.05, 3.63) is 57.8 Å². The molecule has 1 heterocycles. The molecule has 0 saturated carbocycles. The summed E-state index contributed by atoms with van der Waals surface area (Å²) in [5.74, 6) is -0.859. The first-order valence-electron chi connectivity index (χ1n) is 5.81. The fourth-order valence-corrected chi connectivity index (χ4v) is 2.50.